The molecule has 1 aromatic heterocycles. The highest BCUT2D eigenvalue weighted by Crippen LogP contribution is 2.41. The van der Waals surface area contributed by atoms with Crippen LogP contribution in [0.1, 0.15) is 0 Å². The van der Waals surface area contributed by atoms with E-state index in [9.17, 15) is 0 Å². The van der Waals surface area contributed by atoms with E-state index in [0.717, 1.165) is 39.0 Å². The molecule has 1 heterocycles. The standard InChI is InChI=1S/C52H35NO/c1-2-10-36(11-3-1)37-20-22-38(23-21-37)39-24-29-45(30-25-39)53(50-18-9-13-41-12-4-5-16-47(41)50)46-31-26-40(27-32-46)42-14-8-15-43(34-42)44-28-33-52-49(35-44)48-17-6-7-19-51(48)54-52/h1-35H. The van der Waals surface area contributed by atoms with Gasteiger partial charge in [-0.15, -0.1) is 0 Å². The molecular weight excluding hydrogens is 655 g/mol. The zero-order valence-corrected chi connectivity index (χ0v) is 29.6. The van der Waals surface area contributed by atoms with Gasteiger partial charge in [-0.05, 0) is 104 Å². The average molecular weight is 690 g/mol. The van der Waals surface area contributed by atoms with Crippen molar-refractivity contribution in [1.29, 1.82) is 0 Å². The van der Waals surface area contributed by atoms with Crippen LogP contribution in [-0.2, 0) is 0 Å². The van der Waals surface area contributed by atoms with E-state index in [1.54, 1.807) is 0 Å². The summed E-state index contributed by atoms with van der Waals surface area (Å²) in [6, 6.07) is 76.0. The van der Waals surface area contributed by atoms with Crippen molar-refractivity contribution in [2.24, 2.45) is 0 Å². The Balaban J connectivity index is 0.992. The maximum Gasteiger partial charge on any atom is 0.135 e. The Kier molecular flexibility index (Phi) is 7.85. The molecular formula is C52H35NO. The first kappa shape index (κ1) is 31.6. The van der Waals surface area contributed by atoms with Gasteiger partial charge in [0.15, 0.2) is 0 Å². The van der Waals surface area contributed by atoms with Crippen LogP contribution in [0.2, 0.25) is 0 Å². The fourth-order valence-electron chi connectivity index (χ4n) is 7.71. The number of benzene rings is 9. The number of para-hydroxylation sites is 1. The normalized spacial score (nSPS) is 11.3. The molecule has 0 atom stereocenters. The van der Waals surface area contributed by atoms with E-state index in [1.165, 1.54) is 55.3 Å². The maximum atomic E-state index is 6.09. The summed E-state index contributed by atoms with van der Waals surface area (Å²) in [7, 11) is 0. The summed E-state index contributed by atoms with van der Waals surface area (Å²) < 4.78 is 6.09. The van der Waals surface area contributed by atoms with E-state index in [1.807, 2.05) is 12.1 Å². The van der Waals surface area contributed by atoms with Crippen molar-refractivity contribution in [2.45, 2.75) is 0 Å². The summed E-state index contributed by atoms with van der Waals surface area (Å²) in [5.41, 5.74) is 14.7. The van der Waals surface area contributed by atoms with E-state index in [-0.39, 0.29) is 0 Å². The molecule has 2 nitrogen and oxygen atoms in total. The Bertz CT molecular complexity index is 2900. The third kappa shape index (κ3) is 5.81. The Morgan fingerprint density at radius 1 is 0.278 bits per heavy atom. The molecule has 0 spiro atoms. The molecule has 10 aromatic rings. The van der Waals surface area contributed by atoms with Crippen LogP contribution in [0.25, 0.3) is 77.2 Å². The van der Waals surface area contributed by atoms with Gasteiger partial charge in [0.25, 0.3) is 0 Å². The second kappa shape index (κ2) is 13.4. The molecule has 9 aromatic carbocycles. The van der Waals surface area contributed by atoms with E-state index >= 15 is 0 Å². The van der Waals surface area contributed by atoms with Gasteiger partial charge in [-0.3, -0.25) is 0 Å². The van der Waals surface area contributed by atoms with Gasteiger partial charge >= 0.3 is 0 Å². The predicted molar refractivity (Wildman–Crippen MR) is 228 cm³/mol. The molecule has 0 aliphatic rings. The van der Waals surface area contributed by atoms with Crippen molar-refractivity contribution in [2.75, 3.05) is 4.90 Å². The first-order valence-electron chi connectivity index (χ1n) is 18.4. The zero-order valence-electron chi connectivity index (χ0n) is 29.6. The second-order valence-corrected chi connectivity index (χ2v) is 13.8. The molecule has 10 rings (SSSR count). The molecule has 54 heavy (non-hydrogen) atoms. The Hall–Kier alpha value is -7.16. The van der Waals surface area contributed by atoms with Gasteiger partial charge in [-0.1, -0.05) is 158 Å². The molecule has 0 saturated carbocycles. The molecule has 0 saturated heterocycles. The Morgan fingerprint density at radius 2 is 0.722 bits per heavy atom. The van der Waals surface area contributed by atoms with Crippen LogP contribution < -0.4 is 4.90 Å². The van der Waals surface area contributed by atoms with Gasteiger partial charge < -0.3 is 9.32 Å². The largest absolute Gasteiger partial charge is 0.456 e. The third-order valence-corrected chi connectivity index (χ3v) is 10.5. The molecule has 0 bridgehead atoms. The van der Waals surface area contributed by atoms with Crippen LogP contribution in [-0.4, -0.2) is 0 Å². The van der Waals surface area contributed by atoms with Crippen molar-refractivity contribution in [3.8, 4) is 44.5 Å². The SMILES string of the molecule is c1ccc(-c2ccc(-c3ccc(N(c4ccc(-c5cccc(-c6ccc7oc8ccccc8c7c6)c5)cc4)c4cccc5ccccc45)cc3)cc2)cc1. The van der Waals surface area contributed by atoms with Crippen LogP contribution in [0.5, 0.6) is 0 Å². The average Bonchev–Trinajstić information content (AvgIpc) is 3.63. The van der Waals surface area contributed by atoms with E-state index < -0.39 is 0 Å². The second-order valence-electron chi connectivity index (χ2n) is 13.8. The minimum absolute atomic E-state index is 0.912. The van der Waals surface area contributed by atoms with Crippen LogP contribution in [0, 0.1) is 0 Å². The lowest BCUT2D eigenvalue weighted by Crippen LogP contribution is -2.10. The first-order valence-corrected chi connectivity index (χ1v) is 18.4. The summed E-state index contributed by atoms with van der Waals surface area (Å²) in [5.74, 6) is 0. The van der Waals surface area contributed by atoms with E-state index in [0.29, 0.717) is 0 Å². The fourth-order valence-corrected chi connectivity index (χ4v) is 7.71. The number of furan rings is 1. The van der Waals surface area contributed by atoms with E-state index in [2.05, 4.69) is 205 Å². The quantitative estimate of drug-likeness (QED) is 0.166. The van der Waals surface area contributed by atoms with Gasteiger partial charge in [0.1, 0.15) is 11.2 Å². The van der Waals surface area contributed by atoms with Crippen molar-refractivity contribution < 1.29 is 4.42 Å². The number of rotatable bonds is 7. The van der Waals surface area contributed by atoms with Crippen molar-refractivity contribution in [3.05, 3.63) is 212 Å². The monoisotopic (exact) mass is 689 g/mol. The van der Waals surface area contributed by atoms with Crippen LogP contribution >= 0.6 is 0 Å². The summed E-state index contributed by atoms with van der Waals surface area (Å²) in [5, 5.41) is 4.70. The highest BCUT2D eigenvalue weighted by Gasteiger charge is 2.16. The molecule has 0 amide bonds. The lowest BCUT2D eigenvalue weighted by Gasteiger charge is -2.27. The van der Waals surface area contributed by atoms with Crippen LogP contribution in [0.15, 0.2) is 217 Å². The predicted octanol–water partition coefficient (Wildman–Crippen LogP) is 14.9. The summed E-state index contributed by atoms with van der Waals surface area (Å²) in [6.45, 7) is 0. The van der Waals surface area contributed by atoms with Crippen LogP contribution in [0.4, 0.5) is 17.1 Å². The Labute approximate surface area is 314 Å². The molecule has 0 fully saturated rings. The maximum absolute atomic E-state index is 6.09. The molecule has 0 aliphatic carbocycles. The van der Waals surface area contributed by atoms with Gasteiger partial charge in [-0.2, -0.15) is 0 Å². The van der Waals surface area contributed by atoms with Crippen molar-refractivity contribution in [1.82, 2.24) is 0 Å². The highest BCUT2D eigenvalue weighted by atomic mass is 16.3. The van der Waals surface area contributed by atoms with Crippen LogP contribution in [0.3, 0.4) is 0 Å². The lowest BCUT2D eigenvalue weighted by molar-refractivity contribution is 0.669. The van der Waals surface area contributed by atoms with Gasteiger partial charge in [0.2, 0.25) is 0 Å². The minimum Gasteiger partial charge on any atom is -0.456 e. The zero-order chi connectivity index (χ0) is 35.8. The number of nitrogens with zero attached hydrogens (tertiary/aromatic N) is 1. The smallest absolute Gasteiger partial charge is 0.135 e. The molecule has 0 radical (unpaired) electrons. The van der Waals surface area contributed by atoms with Gasteiger partial charge in [0, 0.05) is 27.5 Å². The number of anilines is 3. The number of hydrogen-bond donors (Lipinski definition) is 0. The topological polar surface area (TPSA) is 16.4 Å². The van der Waals surface area contributed by atoms with E-state index in [4.69, 9.17) is 4.42 Å². The minimum atomic E-state index is 0.912. The van der Waals surface area contributed by atoms with Gasteiger partial charge in [0.05, 0.1) is 5.69 Å². The van der Waals surface area contributed by atoms with Crippen molar-refractivity contribution >= 4 is 49.8 Å². The highest BCUT2D eigenvalue weighted by molar-refractivity contribution is 6.06. The summed E-state index contributed by atoms with van der Waals surface area (Å²) >= 11 is 0. The molecule has 0 N–H and O–H groups in total. The third-order valence-electron chi connectivity index (χ3n) is 10.5. The van der Waals surface area contributed by atoms with Gasteiger partial charge in [-0.25, -0.2) is 0 Å². The molecule has 0 unspecified atom stereocenters. The number of hydrogen-bond acceptors (Lipinski definition) is 2. The summed E-state index contributed by atoms with van der Waals surface area (Å²) in [4.78, 5) is 2.37. The molecule has 254 valence electrons. The first-order chi connectivity index (χ1) is 26.7. The fraction of sp³-hybridized carbons (Fsp3) is 0. The lowest BCUT2D eigenvalue weighted by atomic mass is 9.97. The Morgan fingerprint density at radius 3 is 1.43 bits per heavy atom. The summed E-state index contributed by atoms with van der Waals surface area (Å²) in [6.07, 6.45) is 0. The molecule has 2 heteroatoms. The van der Waals surface area contributed by atoms with Crippen molar-refractivity contribution in [3.63, 3.8) is 0 Å². The number of fused-ring (bicyclic) bond motifs is 4. The molecule has 0 aliphatic heterocycles.